The summed E-state index contributed by atoms with van der Waals surface area (Å²) in [5.41, 5.74) is 2.47. The van der Waals surface area contributed by atoms with Gasteiger partial charge in [-0.25, -0.2) is 13.4 Å². The van der Waals surface area contributed by atoms with Gasteiger partial charge in [-0.05, 0) is 61.0 Å². The number of aryl methyl sites for hydroxylation is 1. The highest BCUT2D eigenvalue weighted by atomic mass is 32.2. The third kappa shape index (κ3) is 7.53. The maximum absolute atomic E-state index is 11.8. The second-order valence-electron chi connectivity index (χ2n) is 9.79. The first-order valence-electron chi connectivity index (χ1n) is 13.2. The Morgan fingerprint density at radius 2 is 1.59 bits per heavy atom. The molecule has 1 aromatic heterocycles. The van der Waals surface area contributed by atoms with E-state index < -0.39 is 9.84 Å². The number of aromatic nitrogens is 2. The van der Waals surface area contributed by atoms with Crippen molar-refractivity contribution in [1.82, 2.24) is 9.97 Å². The van der Waals surface area contributed by atoms with Crippen LogP contribution < -0.4 is 18.9 Å². The van der Waals surface area contributed by atoms with Crippen molar-refractivity contribution in [3.63, 3.8) is 0 Å². The Morgan fingerprint density at radius 1 is 0.902 bits per heavy atom. The Morgan fingerprint density at radius 3 is 2.27 bits per heavy atom. The number of sulfone groups is 1. The summed E-state index contributed by atoms with van der Waals surface area (Å²) in [5.74, 6) is 3.31. The zero-order valence-corrected chi connectivity index (χ0v) is 24.0. The van der Waals surface area contributed by atoms with E-state index in [1.165, 1.54) is 18.4 Å². The molecule has 1 saturated heterocycles. The van der Waals surface area contributed by atoms with Gasteiger partial charge in [-0.15, -0.1) is 0 Å². The third-order valence-corrected chi connectivity index (χ3v) is 7.69. The summed E-state index contributed by atoms with van der Waals surface area (Å²) in [6, 6.07) is 19.4. The molecule has 0 unspecified atom stereocenters. The van der Waals surface area contributed by atoms with Gasteiger partial charge in [0.15, 0.2) is 15.7 Å². The van der Waals surface area contributed by atoms with Gasteiger partial charge in [-0.3, -0.25) is 0 Å². The molecule has 0 atom stereocenters. The van der Waals surface area contributed by atoms with E-state index in [0.29, 0.717) is 54.3 Å². The van der Waals surface area contributed by atoms with Crippen LogP contribution in [0.25, 0.3) is 11.4 Å². The van der Waals surface area contributed by atoms with E-state index in [0.717, 1.165) is 29.7 Å². The highest BCUT2D eigenvalue weighted by molar-refractivity contribution is 7.90. The lowest BCUT2D eigenvalue weighted by atomic mass is 10.1. The van der Waals surface area contributed by atoms with E-state index in [1.807, 2.05) is 43.3 Å². The molecule has 0 spiro atoms. The first-order chi connectivity index (χ1) is 19.8. The van der Waals surface area contributed by atoms with Gasteiger partial charge in [0.2, 0.25) is 5.88 Å². The first kappa shape index (κ1) is 28.4. The maximum atomic E-state index is 11.8. The molecule has 3 aromatic carbocycles. The number of benzene rings is 3. The topological polar surface area (TPSA) is 106 Å². The van der Waals surface area contributed by atoms with Crippen LogP contribution in [0.3, 0.4) is 0 Å². The molecule has 2 heterocycles. The van der Waals surface area contributed by atoms with Gasteiger partial charge in [0, 0.05) is 42.5 Å². The van der Waals surface area contributed by atoms with Crippen molar-refractivity contribution in [1.29, 1.82) is 0 Å². The Kier molecular flexibility index (Phi) is 8.70. The molecule has 41 heavy (non-hydrogen) atoms. The Hall–Kier alpha value is -4.15. The summed E-state index contributed by atoms with van der Waals surface area (Å²) in [5, 5.41) is 0. The molecule has 0 amide bonds. The Balaban J connectivity index is 1.42. The number of rotatable bonds is 10. The first-order valence-corrected chi connectivity index (χ1v) is 15.1. The highest BCUT2D eigenvalue weighted by Gasteiger charge is 2.18. The van der Waals surface area contributed by atoms with Gasteiger partial charge in [-0.1, -0.05) is 12.1 Å². The predicted octanol–water partition coefficient (Wildman–Crippen LogP) is 5.79. The lowest BCUT2D eigenvalue weighted by molar-refractivity contribution is 0.0255. The number of hydrogen-bond donors (Lipinski definition) is 0. The summed E-state index contributed by atoms with van der Waals surface area (Å²) >= 11 is 0. The van der Waals surface area contributed by atoms with Crippen molar-refractivity contribution in [2.75, 3.05) is 26.6 Å². The molecule has 5 rings (SSSR count). The summed E-state index contributed by atoms with van der Waals surface area (Å²) in [6.07, 6.45) is 4.49. The predicted molar refractivity (Wildman–Crippen MR) is 154 cm³/mol. The largest absolute Gasteiger partial charge is 0.497 e. The third-order valence-electron chi connectivity index (χ3n) is 6.56. The van der Waals surface area contributed by atoms with Crippen molar-refractivity contribution in [3.05, 3.63) is 84.1 Å². The van der Waals surface area contributed by atoms with Gasteiger partial charge in [0.25, 0.3) is 0 Å². The summed E-state index contributed by atoms with van der Waals surface area (Å²) < 4.78 is 52.9. The van der Waals surface area contributed by atoms with Crippen molar-refractivity contribution < 1.29 is 32.1 Å². The molecule has 0 radical (unpaired) electrons. The second-order valence-corrected chi connectivity index (χ2v) is 11.8. The van der Waals surface area contributed by atoms with Crippen LogP contribution in [0.1, 0.15) is 24.0 Å². The maximum Gasteiger partial charge on any atom is 0.220 e. The standard InChI is InChI=1S/C31H32N2O7S/c1-21-19-32-30(33-31(21)38-20-22-4-6-24(36-2)7-5-22)23-16-27(18-28(17-23)40-26-12-14-37-15-13-26)39-25-8-10-29(11-9-25)41(3,34)35/h4-11,16-19,26H,12-15,20H2,1-3H3. The minimum Gasteiger partial charge on any atom is -0.497 e. The van der Waals surface area contributed by atoms with E-state index >= 15 is 0 Å². The van der Waals surface area contributed by atoms with Crippen LogP contribution in [0.15, 0.2) is 77.8 Å². The molecule has 9 nitrogen and oxygen atoms in total. The van der Waals surface area contributed by atoms with E-state index in [1.54, 1.807) is 31.5 Å². The van der Waals surface area contributed by atoms with Gasteiger partial charge < -0.3 is 23.7 Å². The zero-order valence-electron chi connectivity index (χ0n) is 23.2. The molecule has 1 aliphatic rings. The SMILES string of the molecule is COc1ccc(COc2nc(-c3cc(Oc4ccc(S(C)(=O)=O)cc4)cc(OC4CCOCC4)c3)ncc2C)cc1. The summed E-state index contributed by atoms with van der Waals surface area (Å²) in [4.78, 5) is 9.49. The fraction of sp³-hybridized carbons (Fsp3) is 0.290. The number of ether oxygens (including phenoxy) is 5. The normalized spacial score (nSPS) is 13.9. The molecule has 1 fully saturated rings. The number of hydrogen-bond acceptors (Lipinski definition) is 9. The molecule has 4 aromatic rings. The minimum absolute atomic E-state index is 0.0169. The summed E-state index contributed by atoms with van der Waals surface area (Å²) in [6.45, 7) is 3.53. The molecule has 10 heteroatoms. The van der Waals surface area contributed by atoms with Crippen LogP contribution in [0, 0.1) is 6.92 Å². The lowest BCUT2D eigenvalue weighted by Gasteiger charge is -2.24. The average molecular weight is 577 g/mol. The molecular weight excluding hydrogens is 544 g/mol. The van der Waals surface area contributed by atoms with Gasteiger partial charge >= 0.3 is 0 Å². The molecule has 1 aliphatic heterocycles. The highest BCUT2D eigenvalue weighted by Crippen LogP contribution is 2.34. The fourth-order valence-electron chi connectivity index (χ4n) is 4.29. The van der Waals surface area contributed by atoms with Crippen molar-refractivity contribution in [2.45, 2.75) is 37.4 Å². The van der Waals surface area contributed by atoms with Crippen molar-refractivity contribution in [3.8, 4) is 40.3 Å². The molecule has 214 valence electrons. The average Bonchev–Trinajstić information content (AvgIpc) is 2.97. The Bertz CT molecular complexity index is 1580. The number of methoxy groups -OCH3 is 1. The minimum atomic E-state index is -3.31. The van der Waals surface area contributed by atoms with Gasteiger partial charge in [0.1, 0.15) is 35.7 Å². The van der Waals surface area contributed by atoms with Crippen LogP contribution >= 0.6 is 0 Å². The smallest absolute Gasteiger partial charge is 0.220 e. The fourth-order valence-corrected chi connectivity index (χ4v) is 4.92. The molecular formula is C31H32N2O7S. The monoisotopic (exact) mass is 576 g/mol. The molecule has 0 bridgehead atoms. The number of nitrogens with zero attached hydrogens (tertiary/aromatic N) is 2. The second kappa shape index (κ2) is 12.6. The van der Waals surface area contributed by atoms with Crippen LogP contribution in [0.5, 0.6) is 28.9 Å². The van der Waals surface area contributed by atoms with E-state index in [-0.39, 0.29) is 11.0 Å². The van der Waals surface area contributed by atoms with Crippen LogP contribution in [-0.2, 0) is 21.2 Å². The Labute approximate surface area is 240 Å². The van der Waals surface area contributed by atoms with Crippen molar-refractivity contribution >= 4 is 9.84 Å². The molecule has 0 aliphatic carbocycles. The van der Waals surface area contributed by atoms with Crippen LogP contribution in [-0.4, -0.2) is 51.1 Å². The van der Waals surface area contributed by atoms with E-state index in [9.17, 15) is 8.42 Å². The quantitative estimate of drug-likeness (QED) is 0.232. The van der Waals surface area contributed by atoms with E-state index in [2.05, 4.69) is 4.98 Å². The molecule has 0 N–H and O–H groups in total. The molecule has 0 saturated carbocycles. The van der Waals surface area contributed by atoms with Crippen molar-refractivity contribution in [2.24, 2.45) is 0 Å². The van der Waals surface area contributed by atoms with Crippen LogP contribution in [0.4, 0.5) is 0 Å². The van der Waals surface area contributed by atoms with E-state index in [4.69, 9.17) is 28.7 Å². The van der Waals surface area contributed by atoms with Gasteiger partial charge in [-0.2, -0.15) is 4.98 Å². The summed E-state index contributed by atoms with van der Waals surface area (Å²) in [7, 11) is -1.68. The van der Waals surface area contributed by atoms with Crippen LogP contribution in [0.2, 0.25) is 0 Å². The van der Waals surface area contributed by atoms with Gasteiger partial charge in [0.05, 0.1) is 25.2 Å². The lowest BCUT2D eigenvalue weighted by Crippen LogP contribution is -2.25. The zero-order chi connectivity index (χ0) is 28.8.